The van der Waals surface area contributed by atoms with E-state index in [9.17, 15) is 8.42 Å². The molecule has 1 aromatic rings. The van der Waals surface area contributed by atoms with E-state index in [2.05, 4.69) is 20.7 Å². The monoisotopic (exact) mass is 348 g/mol. The van der Waals surface area contributed by atoms with Crippen LogP contribution in [0, 0.1) is 5.92 Å². The van der Waals surface area contributed by atoms with Crippen molar-refractivity contribution < 1.29 is 13.2 Å². The number of benzene rings is 1. The Balaban J connectivity index is 2.09. The minimum absolute atomic E-state index is 0.105. The molecule has 0 aromatic heterocycles. The summed E-state index contributed by atoms with van der Waals surface area (Å²) in [4.78, 5) is 0.176. The molecule has 2 rings (SSSR count). The van der Waals surface area contributed by atoms with Crippen molar-refractivity contribution in [3.63, 3.8) is 0 Å². The number of rotatable bonds is 6. The van der Waals surface area contributed by atoms with Crippen molar-refractivity contribution >= 4 is 26.0 Å². The summed E-state index contributed by atoms with van der Waals surface area (Å²) in [6.07, 6.45) is 2.18. The van der Waals surface area contributed by atoms with Crippen LogP contribution in [0.25, 0.3) is 0 Å². The number of sulfonamides is 1. The zero-order chi connectivity index (χ0) is 14.0. The zero-order valence-electron chi connectivity index (χ0n) is 10.6. The lowest BCUT2D eigenvalue weighted by atomic mass is 10.2. The lowest BCUT2D eigenvalue weighted by Crippen LogP contribution is -2.38. The summed E-state index contributed by atoms with van der Waals surface area (Å²) >= 11 is 3.29. The van der Waals surface area contributed by atoms with Crippen LogP contribution in [0.3, 0.4) is 0 Å². The molecule has 19 heavy (non-hydrogen) atoms. The Kier molecular flexibility index (Phi) is 4.50. The molecular weight excluding hydrogens is 332 g/mol. The van der Waals surface area contributed by atoms with Crippen LogP contribution in [0.15, 0.2) is 27.6 Å². The maximum absolute atomic E-state index is 12.1. The summed E-state index contributed by atoms with van der Waals surface area (Å²) < 4.78 is 32.6. The SMILES string of the molecule is COc1cc(S(=O)(=O)NCC(N)C2CC2)ccc1Br. The molecule has 0 radical (unpaired) electrons. The molecular formula is C12H17BrN2O3S. The lowest BCUT2D eigenvalue weighted by molar-refractivity contribution is 0.410. The van der Waals surface area contributed by atoms with Gasteiger partial charge in [0.1, 0.15) is 5.75 Å². The smallest absolute Gasteiger partial charge is 0.240 e. The fraction of sp³-hybridized carbons (Fsp3) is 0.500. The van der Waals surface area contributed by atoms with Gasteiger partial charge >= 0.3 is 0 Å². The van der Waals surface area contributed by atoms with E-state index in [0.717, 1.165) is 12.8 Å². The summed E-state index contributed by atoms with van der Waals surface area (Å²) in [5.74, 6) is 0.941. The van der Waals surface area contributed by atoms with Gasteiger partial charge in [-0.05, 0) is 46.8 Å². The molecule has 3 N–H and O–H groups in total. The molecule has 1 aromatic carbocycles. The fourth-order valence-electron chi connectivity index (χ4n) is 1.79. The van der Waals surface area contributed by atoms with Crippen molar-refractivity contribution in [3.05, 3.63) is 22.7 Å². The van der Waals surface area contributed by atoms with Gasteiger partial charge in [-0.2, -0.15) is 0 Å². The Labute approximate surface area is 121 Å². The number of hydrogen-bond acceptors (Lipinski definition) is 4. The van der Waals surface area contributed by atoms with Crippen LogP contribution in [0.1, 0.15) is 12.8 Å². The molecule has 1 saturated carbocycles. The number of nitrogens with one attached hydrogen (secondary N) is 1. The number of nitrogens with two attached hydrogens (primary N) is 1. The average molecular weight is 349 g/mol. The Hall–Kier alpha value is -0.630. The van der Waals surface area contributed by atoms with Crippen LogP contribution in [0.5, 0.6) is 5.75 Å². The molecule has 0 saturated heterocycles. The fourth-order valence-corrected chi connectivity index (χ4v) is 3.28. The molecule has 0 aliphatic heterocycles. The van der Waals surface area contributed by atoms with Gasteiger partial charge in [-0.3, -0.25) is 0 Å². The molecule has 1 atom stereocenters. The second-order valence-corrected chi connectivity index (χ2v) is 7.27. The van der Waals surface area contributed by atoms with Gasteiger partial charge in [0.05, 0.1) is 16.5 Å². The Morgan fingerprint density at radius 1 is 1.53 bits per heavy atom. The van der Waals surface area contributed by atoms with Crippen LogP contribution < -0.4 is 15.2 Å². The van der Waals surface area contributed by atoms with Crippen molar-refractivity contribution in [2.45, 2.75) is 23.8 Å². The topological polar surface area (TPSA) is 81.4 Å². The van der Waals surface area contributed by atoms with E-state index in [0.29, 0.717) is 16.1 Å². The Morgan fingerprint density at radius 2 is 2.21 bits per heavy atom. The van der Waals surface area contributed by atoms with E-state index >= 15 is 0 Å². The first-order valence-electron chi connectivity index (χ1n) is 6.03. The zero-order valence-corrected chi connectivity index (χ0v) is 13.0. The van der Waals surface area contributed by atoms with E-state index in [4.69, 9.17) is 10.5 Å². The number of halogens is 1. The molecule has 1 aliphatic carbocycles. The lowest BCUT2D eigenvalue weighted by Gasteiger charge is -2.13. The predicted molar refractivity (Wildman–Crippen MR) is 76.6 cm³/mol. The highest BCUT2D eigenvalue weighted by Crippen LogP contribution is 2.31. The summed E-state index contributed by atoms with van der Waals surface area (Å²) in [6.45, 7) is 0.269. The number of ether oxygens (including phenoxy) is 1. The summed E-state index contributed by atoms with van der Waals surface area (Å²) in [5, 5.41) is 0. The Bertz CT molecular complexity index is 558. The van der Waals surface area contributed by atoms with Crippen molar-refractivity contribution in [1.82, 2.24) is 4.72 Å². The highest BCUT2D eigenvalue weighted by Gasteiger charge is 2.29. The van der Waals surface area contributed by atoms with Gasteiger partial charge in [-0.1, -0.05) is 0 Å². The molecule has 1 unspecified atom stereocenters. The maximum Gasteiger partial charge on any atom is 0.240 e. The van der Waals surface area contributed by atoms with Crippen molar-refractivity contribution in [3.8, 4) is 5.75 Å². The molecule has 1 fully saturated rings. The second kappa shape index (κ2) is 5.78. The van der Waals surface area contributed by atoms with Crippen LogP contribution in [-0.4, -0.2) is 28.1 Å². The first-order chi connectivity index (χ1) is 8.94. The molecule has 0 bridgehead atoms. The second-order valence-electron chi connectivity index (χ2n) is 4.65. The largest absolute Gasteiger partial charge is 0.496 e. The third kappa shape index (κ3) is 3.68. The predicted octanol–water partition coefficient (Wildman–Crippen LogP) is 1.47. The third-order valence-electron chi connectivity index (χ3n) is 3.17. The van der Waals surface area contributed by atoms with Gasteiger partial charge in [0.2, 0.25) is 10.0 Å². The summed E-state index contributed by atoms with van der Waals surface area (Å²) in [6, 6.07) is 4.55. The number of methoxy groups -OCH3 is 1. The quantitative estimate of drug-likeness (QED) is 0.815. The molecule has 0 spiro atoms. The molecule has 0 heterocycles. The van der Waals surface area contributed by atoms with Gasteiger partial charge < -0.3 is 10.5 Å². The van der Waals surface area contributed by atoms with E-state index in [1.807, 2.05) is 0 Å². The van der Waals surface area contributed by atoms with E-state index < -0.39 is 10.0 Å². The van der Waals surface area contributed by atoms with Crippen molar-refractivity contribution in [2.24, 2.45) is 11.7 Å². The molecule has 106 valence electrons. The van der Waals surface area contributed by atoms with Crippen LogP contribution in [0.2, 0.25) is 0 Å². The molecule has 0 amide bonds. The first-order valence-corrected chi connectivity index (χ1v) is 8.30. The molecule has 5 nitrogen and oxygen atoms in total. The normalized spacial score (nSPS) is 17.2. The maximum atomic E-state index is 12.1. The molecule has 7 heteroatoms. The van der Waals surface area contributed by atoms with Crippen LogP contribution in [0.4, 0.5) is 0 Å². The summed E-state index contributed by atoms with van der Waals surface area (Å²) in [7, 11) is -2.05. The number of hydrogen-bond donors (Lipinski definition) is 2. The van der Waals surface area contributed by atoms with Gasteiger partial charge in [0.25, 0.3) is 0 Å². The van der Waals surface area contributed by atoms with Gasteiger partial charge in [0, 0.05) is 18.7 Å². The van der Waals surface area contributed by atoms with E-state index in [1.54, 1.807) is 6.07 Å². The molecule has 1 aliphatic rings. The van der Waals surface area contributed by atoms with Crippen LogP contribution in [-0.2, 0) is 10.0 Å². The Morgan fingerprint density at radius 3 is 2.79 bits per heavy atom. The van der Waals surface area contributed by atoms with Crippen molar-refractivity contribution in [1.29, 1.82) is 0 Å². The standard InChI is InChI=1S/C12H17BrN2O3S/c1-18-12-6-9(4-5-10(12)13)19(16,17)15-7-11(14)8-2-3-8/h4-6,8,11,15H,2-3,7,14H2,1H3. The minimum Gasteiger partial charge on any atom is -0.496 e. The van der Waals surface area contributed by atoms with Gasteiger partial charge in [-0.15, -0.1) is 0 Å². The average Bonchev–Trinajstić information content (AvgIpc) is 3.20. The first kappa shape index (κ1) is 14.8. The highest BCUT2D eigenvalue weighted by molar-refractivity contribution is 9.10. The van der Waals surface area contributed by atoms with E-state index in [-0.39, 0.29) is 17.5 Å². The van der Waals surface area contributed by atoms with Crippen LogP contribution >= 0.6 is 15.9 Å². The minimum atomic E-state index is -3.54. The summed E-state index contributed by atoms with van der Waals surface area (Å²) in [5.41, 5.74) is 5.89. The van der Waals surface area contributed by atoms with Crippen molar-refractivity contribution in [2.75, 3.05) is 13.7 Å². The van der Waals surface area contributed by atoms with E-state index in [1.165, 1.54) is 19.2 Å². The van der Waals surface area contributed by atoms with Gasteiger partial charge in [0.15, 0.2) is 0 Å². The third-order valence-corrected chi connectivity index (χ3v) is 5.25. The highest BCUT2D eigenvalue weighted by atomic mass is 79.9. The van der Waals surface area contributed by atoms with Gasteiger partial charge in [-0.25, -0.2) is 13.1 Å².